The van der Waals surface area contributed by atoms with Crippen LogP contribution in [0.2, 0.25) is 0 Å². The molecule has 2 N–H and O–H groups in total. The van der Waals surface area contributed by atoms with Crippen molar-refractivity contribution in [3.63, 3.8) is 0 Å². The standard InChI is InChI=1S/C14H21NO/c1-11(12-6-3-2-4-7-12)10-14(16)13-8-5-9-15-13/h2-4,6-7,11,13-16H,5,8-10H2,1H3. The van der Waals surface area contributed by atoms with Gasteiger partial charge in [0, 0.05) is 6.04 Å². The van der Waals surface area contributed by atoms with Crippen LogP contribution >= 0.6 is 0 Å². The van der Waals surface area contributed by atoms with Crippen molar-refractivity contribution in [2.45, 2.75) is 44.2 Å². The summed E-state index contributed by atoms with van der Waals surface area (Å²) in [5, 5.41) is 13.5. The summed E-state index contributed by atoms with van der Waals surface area (Å²) in [5.74, 6) is 0.429. The second-order valence-corrected chi connectivity index (χ2v) is 4.82. The maximum absolute atomic E-state index is 10.1. The Morgan fingerprint density at radius 2 is 2.12 bits per heavy atom. The first kappa shape index (κ1) is 11.6. The van der Waals surface area contributed by atoms with Gasteiger partial charge in [0.05, 0.1) is 6.10 Å². The van der Waals surface area contributed by atoms with E-state index < -0.39 is 0 Å². The molecule has 2 rings (SSSR count). The van der Waals surface area contributed by atoms with E-state index in [2.05, 4.69) is 36.5 Å². The van der Waals surface area contributed by atoms with Crippen molar-refractivity contribution in [3.8, 4) is 0 Å². The van der Waals surface area contributed by atoms with Crippen LogP contribution in [-0.4, -0.2) is 23.8 Å². The Bertz CT molecular complexity index is 306. The lowest BCUT2D eigenvalue weighted by atomic mass is 9.92. The van der Waals surface area contributed by atoms with Crippen LogP contribution in [0.25, 0.3) is 0 Å². The van der Waals surface area contributed by atoms with Gasteiger partial charge in [0.25, 0.3) is 0 Å². The molecule has 0 aromatic heterocycles. The van der Waals surface area contributed by atoms with Gasteiger partial charge in [-0.1, -0.05) is 37.3 Å². The molecule has 1 saturated heterocycles. The Balaban J connectivity index is 1.89. The number of nitrogens with one attached hydrogen (secondary N) is 1. The van der Waals surface area contributed by atoms with E-state index in [1.807, 2.05) is 6.07 Å². The first-order valence-electron chi connectivity index (χ1n) is 6.24. The highest BCUT2D eigenvalue weighted by Crippen LogP contribution is 2.23. The zero-order valence-corrected chi connectivity index (χ0v) is 9.89. The number of aliphatic hydroxyl groups excluding tert-OH is 1. The summed E-state index contributed by atoms with van der Waals surface area (Å²) in [7, 11) is 0. The van der Waals surface area contributed by atoms with Gasteiger partial charge in [0.2, 0.25) is 0 Å². The van der Waals surface area contributed by atoms with Crippen molar-refractivity contribution in [2.75, 3.05) is 6.54 Å². The largest absolute Gasteiger partial charge is 0.391 e. The number of rotatable bonds is 4. The predicted octanol–water partition coefficient (Wildman–Crippen LogP) is 2.29. The topological polar surface area (TPSA) is 32.3 Å². The maximum atomic E-state index is 10.1. The summed E-state index contributed by atoms with van der Waals surface area (Å²) in [6, 6.07) is 10.7. The smallest absolute Gasteiger partial charge is 0.0698 e. The van der Waals surface area contributed by atoms with Gasteiger partial charge in [-0.15, -0.1) is 0 Å². The SMILES string of the molecule is CC(CC(O)C1CCCN1)c1ccccc1. The molecule has 1 fully saturated rings. The summed E-state index contributed by atoms with van der Waals surface area (Å²) in [4.78, 5) is 0. The van der Waals surface area contributed by atoms with Crippen LogP contribution in [0.4, 0.5) is 0 Å². The molecule has 0 bridgehead atoms. The average Bonchev–Trinajstić information content (AvgIpc) is 2.83. The Morgan fingerprint density at radius 1 is 1.38 bits per heavy atom. The Hall–Kier alpha value is -0.860. The summed E-state index contributed by atoms with van der Waals surface area (Å²) >= 11 is 0. The van der Waals surface area contributed by atoms with E-state index >= 15 is 0 Å². The fourth-order valence-electron chi connectivity index (χ4n) is 2.48. The zero-order valence-electron chi connectivity index (χ0n) is 9.89. The highest BCUT2D eigenvalue weighted by Gasteiger charge is 2.24. The van der Waals surface area contributed by atoms with Gasteiger partial charge in [-0.2, -0.15) is 0 Å². The van der Waals surface area contributed by atoms with Gasteiger partial charge in [-0.05, 0) is 37.3 Å². The van der Waals surface area contributed by atoms with Crippen LogP contribution in [0.1, 0.15) is 37.7 Å². The van der Waals surface area contributed by atoms with Crippen molar-refractivity contribution in [2.24, 2.45) is 0 Å². The fraction of sp³-hybridized carbons (Fsp3) is 0.571. The molecule has 1 aromatic carbocycles. The molecule has 1 aromatic rings. The first-order chi connectivity index (χ1) is 7.77. The minimum absolute atomic E-state index is 0.210. The van der Waals surface area contributed by atoms with Crippen molar-refractivity contribution >= 4 is 0 Å². The molecule has 0 aliphatic carbocycles. The third-order valence-corrected chi connectivity index (χ3v) is 3.53. The van der Waals surface area contributed by atoms with Crippen LogP contribution in [-0.2, 0) is 0 Å². The molecule has 2 heteroatoms. The molecule has 0 saturated carbocycles. The molecule has 1 heterocycles. The first-order valence-corrected chi connectivity index (χ1v) is 6.24. The van der Waals surface area contributed by atoms with Crippen molar-refractivity contribution in [1.82, 2.24) is 5.32 Å². The fourth-order valence-corrected chi connectivity index (χ4v) is 2.48. The molecule has 2 nitrogen and oxygen atoms in total. The quantitative estimate of drug-likeness (QED) is 0.814. The number of aliphatic hydroxyl groups is 1. The molecule has 0 amide bonds. The highest BCUT2D eigenvalue weighted by atomic mass is 16.3. The minimum Gasteiger partial charge on any atom is -0.391 e. The third kappa shape index (κ3) is 2.83. The molecule has 3 atom stereocenters. The summed E-state index contributed by atoms with van der Waals surface area (Å²) in [5.41, 5.74) is 1.32. The van der Waals surface area contributed by atoms with E-state index in [1.54, 1.807) is 0 Å². The van der Waals surface area contributed by atoms with Crippen molar-refractivity contribution in [1.29, 1.82) is 0 Å². The lowest BCUT2D eigenvalue weighted by molar-refractivity contribution is 0.120. The van der Waals surface area contributed by atoms with Gasteiger partial charge in [0.15, 0.2) is 0 Å². The lowest BCUT2D eigenvalue weighted by Gasteiger charge is -2.22. The molecule has 1 aliphatic rings. The normalized spacial score (nSPS) is 24.2. The van der Waals surface area contributed by atoms with E-state index in [9.17, 15) is 5.11 Å². The summed E-state index contributed by atoms with van der Waals surface area (Å²) in [6.07, 6.45) is 2.95. The number of hydrogen-bond donors (Lipinski definition) is 2. The Morgan fingerprint density at radius 3 is 2.75 bits per heavy atom. The number of benzene rings is 1. The molecule has 16 heavy (non-hydrogen) atoms. The van der Waals surface area contributed by atoms with E-state index in [0.29, 0.717) is 12.0 Å². The predicted molar refractivity (Wildman–Crippen MR) is 66.5 cm³/mol. The molecule has 88 valence electrons. The van der Waals surface area contributed by atoms with Crippen molar-refractivity contribution < 1.29 is 5.11 Å². The Kier molecular flexibility index (Phi) is 3.97. The van der Waals surface area contributed by atoms with Crippen LogP contribution in [0, 0.1) is 0 Å². The molecular weight excluding hydrogens is 198 g/mol. The second-order valence-electron chi connectivity index (χ2n) is 4.82. The van der Waals surface area contributed by atoms with Crippen molar-refractivity contribution in [3.05, 3.63) is 35.9 Å². The van der Waals surface area contributed by atoms with Gasteiger partial charge in [0.1, 0.15) is 0 Å². The van der Waals surface area contributed by atoms with Crippen LogP contribution in [0.3, 0.4) is 0 Å². The van der Waals surface area contributed by atoms with Gasteiger partial charge in [-0.3, -0.25) is 0 Å². The van der Waals surface area contributed by atoms with Crippen LogP contribution < -0.4 is 5.32 Å². The summed E-state index contributed by atoms with van der Waals surface area (Å²) < 4.78 is 0. The van der Waals surface area contributed by atoms with Gasteiger partial charge >= 0.3 is 0 Å². The Labute approximate surface area is 97.7 Å². The third-order valence-electron chi connectivity index (χ3n) is 3.53. The van der Waals surface area contributed by atoms with E-state index in [4.69, 9.17) is 0 Å². The molecule has 1 aliphatic heterocycles. The van der Waals surface area contributed by atoms with Gasteiger partial charge < -0.3 is 10.4 Å². The van der Waals surface area contributed by atoms with E-state index in [1.165, 1.54) is 12.0 Å². The maximum Gasteiger partial charge on any atom is 0.0698 e. The molecule has 0 spiro atoms. The molecule has 0 radical (unpaired) electrons. The second kappa shape index (κ2) is 5.46. The van der Waals surface area contributed by atoms with E-state index in [-0.39, 0.29) is 6.10 Å². The lowest BCUT2D eigenvalue weighted by Crippen LogP contribution is -2.35. The minimum atomic E-state index is -0.210. The zero-order chi connectivity index (χ0) is 11.4. The summed E-state index contributed by atoms with van der Waals surface area (Å²) in [6.45, 7) is 3.24. The van der Waals surface area contributed by atoms with E-state index in [0.717, 1.165) is 19.4 Å². The van der Waals surface area contributed by atoms with Crippen LogP contribution in [0.5, 0.6) is 0 Å². The molecule has 3 unspecified atom stereocenters. The average molecular weight is 219 g/mol. The highest BCUT2D eigenvalue weighted by molar-refractivity contribution is 5.18. The number of hydrogen-bond acceptors (Lipinski definition) is 2. The molecular formula is C14H21NO. The van der Waals surface area contributed by atoms with Crippen LogP contribution in [0.15, 0.2) is 30.3 Å². The monoisotopic (exact) mass is 219 g/mol. The van der Waals surface area contributed by atoms with Gasteiger partial charge in [-0.25, -0.2) is 0 Å².